The van der Waals surface area contributed by atoms with E-state index in [1.807, 2.05) is 4.90 Å². The summed E-state index contributed by atoms with van der Waals surface area (Å²) >= 11 is 0. The topological polar surface area (TPSA) is 98.3 Å². The summed E-state index contributed by atoms with van der Waals surface area (Å²) in [6.45, 7) is 0.938. The van der Waals surface area contributed by atoms with Gasteiger partial charge in [0.15, 0.2) is 11.6 Å². The maximum atomic E-state index is 15.6. The second kappa shape index (κ2) is 9.93. The number of hydrogen-bond donors (Lipinski definition) is 2. The molecule has 2 aromatic heterocycles. The lowest BCUT2D eigenvalue weighted by Gasteiger charge is -2.23. The molecule has 1 aliphatic heterocycles. The number of nitrogens with zero attached hydrogens (tertiary/aromatic N) is 4. The molecule has 0 spiro atoms. The Hall–Kier alpha value is -4.19. The molecule has 12 heteroatoms. The van der Waals surface area contributed by atoms with Crippen molar-refractivity contribution in [2.24, 2.45) is 12.8 Å². The third-order valence-electron chi connectivity index (χ3n) is 6.61. The number of nitrogens with one attached hydrogen (secondary N) is 1. The molecule has 3 heterocycles. The first-order chi connectivity index (χ1) is 18.2. The summed E-state index contributed by atoms with van der Waals surface area (Å²) in [7, 11) is 2.80. The number of fused-ring (bicyclic) bond motifs is 1. The quantitative estimate of drug-likeness (QED) is 0.354. The lowest BCUT2D eigenvalue weighted by atomic mass is 10.1. The van der Waals surface area contributed by atoms with E-state index in [-0.39, 0.29) is 34.3 Å². The SMILES string of the molecule is COc1cccc(F)c1-c1nccc(C(=O)Nc2ccc3c(nc(C(F)F)n3C)c2N2CC[C@@H](N)C2)c1F. The van der Waals surface area contributed by atoms with Gasteiger partial charge >= 0.3 is 0 Å². The Balaban J connectivity index is 1.58. The van der Waals surface area contributed by atoms with E-state index < -0.39 is 35.4 Å². The van der Waals surface area contributed by atoms with Crippen LogP contribution in [0.4, 0.5) is 28.9 Å². The number of imidazole rings is 1. The van der Waals surface area contributed by atoms with Crippen molar-refractivity contribution in [3.63, 3.8) is 0 Å². The Labute approximate surface area is 215 Å². The van der Waals surface area contributed by atoms with E-state index in [1.165, 1.54) is 43.1 Å². The highest BCUT2D eigenvalue weighted by atomic mass is 19.3. The number of benzene rings is 2. The van der Waals surface area contributed by atoms with Gasteiger partial charge in [0, 0.05) is 32.4 Å². The zero-order valence-electron chi connectivity index (χ0n) is 20.5. The molecule has 4 aromatic rings. The van der Waals surface area contributed by atoms with Gasteiger partial charge in [-0.3, -0.25) is 9.78 Å². The molecule has 5 rings (SSSR count). The molecule has 1 atom stereocenters. The van der Waals surface area contributed by atoms with E-state index >= 15 is 4.39 Å². The number of aryl methyl sites for hydroxylation is 1. The fourth-order valence-electron chi connectivity index (χ4n) is 4.76. The number of alkyl halides is 2. The number of nitrogens with two attached hydrogens (primary N) is 1. The maximum Gasteiger partial charge on any atom is 0.295 e. The third-order valence-corrected chi connectivity index (χ3v) is 6.61. The molecule has 0 unspecified atom stereocenters. The third kappa shape index (κ3) is 4.30. The molecule has 1 aliphatic rings. The predicted molar refractivity (Wildman–Crippen MR) is 135 cm³/mol. The average Bonchev–Trinajstić information content (AvgIpc) is 3.47. The smallest absolute Gasteiger partial charge is 0.295 e. The van der Waals surface area contributed by atoms with Crippen LogP contribution >= 0.6 is 0 Å². The minimum absolute atomic E-state index is 0.0528. The highest BCUT2D eigenvalue weighted by Crippen LogP contribution is 2.38. The molecule has 0 aliphatic carbocycles. The van der Waals surface area contributed by atoms with E-state index in [2.05, 4.69) is 15.3 Å². The number of halogens is 4. The number of carbonyl (C=O) groups is 1. The zero-order valence-corrected chi connectivity index (χ0v) is 20.5. The van der Waals surface area contributed by atoms with Crippen molar-refractivity contribution in [3.8, 4) is 17.0 Å². The van der Waals surface area contributed by atoms with Gasteiger partial charge in [0.05, 0.1) is 35.1 Å². The summed E-state index contributed by atoms with van der Waals surface area (Å²) in [6.07, 6.45) is -0.958. The summed E-state index contributed by atoms with van der Waals surface area (Å²) in [6, 6.07) is 8.12. The first-order valence-corrected chi connectivity index (χ1v) is 11.8. The summed E-state index contributed by atoms with van der Waals surface area (Å²) < 4.78 is 63.9. The predicted octanol–water partition coefficient (Wildman–Crippen LogP) is 4.65. The van der Waals surface area contributed by atoms with E-state index in [0.717, 1.165) is 6.07 Å². The molecule has 8 nitrogen and oxygen atoms in total. The molecular formula is C26H24F4N6O2. The van der Waals surface area contributed by atoms with Gasteiger partial charge in [-0.25, -0.2) is 22.5 Å². The van der Waals surface area contributed by atoms with Gasteiger partial charge in [-0.2, -0.15) is 0 Å². The van der Waals surface area contributed by atoms with Gasteiger partial charge in [0.2, 0.25) is 0 Å². The van der Waals surface area contributed by atoms with E-state index in [0.29, 0.717) is 30.7 Å². The van der Waals surface area contributed by atoms with Crippen LogP contribution in [-0.4, -0.2) is 46.7 Å². The second-order valence-electron chi connectivity index (χ2n) is 8.95. The first kappa shape index (κ1) is 25.5. The highest BCUT2D eigenvalue weighted by Gasteiger charge is 2.29. The molecule has 198 valence electrons. The number of aromatic nitrogens is 3. The van der Waals surface area contributed by atoms with Crippen molar-refractivity contribution in [1.29, 1.82) is 0 Å². The van der Waals surface area contributed by atoms with Crippen LogP contribution in [0, 0.1) is 11.6 Å². The van der Waals surface area contributed by atoms with Gasteiger partial charge in [-0.05, 0) is 36.8 Å². The summed E-state index contributed by atoms with van der Waals surface area (Å²) in [5, 5.41) is 2.68. The van der Waals surface area contributed by atoms with Crippen molar-refractivity contribution < 1.29 is 27.1 Å². The second-order valence-corrected chi connectivity index (χ2v) is 8.95. The van der Waals surface area contributed by atoms with Crippen molar-refractivity contribution in [3.05, 3.63) is 65.6 Å². The van der Waals surface area contributed by atoms with Crippen molar-refractivity contribution >= 4 is 28.3 Å². The largest absolute Gasteiger partial charge is 0.496 e. The number of methoxy groups -OCH3 is 1. The van der Waals surface area contributed by atoms with Crippen LogP contribution in [0.15, 0.2) is 42.6 Å². The maximum absolute atomic E-state index is 15.6. The molecule has 1 amide bonds. The van der Waals surface area contributed by atoms with Crippen LogP contribution in [0.3, 0.4) is 0 Å². The first-order valence-electron chi connectivity index (χ1n) is 11.8. The number of ether oxygens (including phenoxy) is 1. The van der Waals surface area contributed by atoms with Gasteiger partial charge in [0.1, 0.15) is 22.8 Å². The minimum atomic E-state index is -2.81. The van der Waals surface area contributed by atoms with Crippen LogP contribution in [-0.2, 0) is 7.05 Å². The molecule has 1 fully saturated rings. The van der Waals surface area contributed by atoms with Gasteiger partial charge < -0.3 is 25.3 Å². The van der Waals surface area contributed by atoms with Crippen LogP contribution in [0.2, 0.25) is 0 Å². The number of rotatable bonds is 6. The number of pyridine rings is 1. The molecule has 1 saturated heterocycles. The van der Waals surface area contributed by atoms with Crippen molar-refractivity contribution in [1.82, 2.24) is 14.5 Å². The van der Waals surface area contributed by atoms with Crippen LogP contribution < -0.4 is 20.7 Å². The minimum Gasteiger partial charge on any atom is -0.496 e. The molecule has 2 aromatic carbocycles. The molecule has 3 N–H and O–H groups in total. The van der Waals surface area contributed by atoms with Gasteiger partial charge in [-0.15, -0.1) is 0 Å². The Morgan fingerprint density at radius 3 is 2.68 bits per heavy atom. The number of hydrogen-bond acceptors (Lipinski definition) is 6. The van der Waals surface area contributed by atoms with Crippen LogP contribution in [0.5, 0.6) is 5.75 Å². The standard InChI is InChI=1S/C26H24F4N6O2/c1-35-17-7-6-16(23(36-11-9-13(31)12-36)21(17)34-25(35)24(29)30)33-26(37)14-8-10-32-22(20(14)28)19-15(27)4-3-5-18(19)38-2/h3-8,10,13,24H,9,11-12,31H2,1-2H3,(H,33,37)/t13-/m1/s1. The normalized spacial score (nSPS) is 15.5. The van der Waals surface area contributed by atoms with Gasteiger partial charge in [-0.1, -0.05) is 6.07 Å². The van der Waals surface area contributed by atoms with E-state index in [4.69, 9.17) is 10.5 Å². The summed E-state index contributed by atoms with van der Waals surface area (Å²) in [5.74, 6) is -3.02. The molecule has 0 saturated carbocycles. The Morgan fingerprint density at radius 2 is 2.00 bits per heavy atom. The zero-order chi connectivity index (χ0) is 27.1. The molecular weight excluding hydrogens is 504 g/mol. The van der Waals surface area contributed by atoms with Crippen LogP contribution in [0.25, 0.3) is 22.3 Å². The number of amides is 1. The lowest BCUT2D eigenvalue weighted by Crippen LogP contribution is -2.27. The summed E-state index contributed by atoms with van der Waals surface area (Å²) in [4.78, 5) is 23.3. The van der Waals surface area contributed by atoms with E-state index in [1.54, 1.807) is 12.1 Å². The van der Waals surface area contributed by atoms with Crippen LogP contribution in [0.1, 0.15) is 29.0 Å². The van der Waals surface area contributed by atoms with Crippen molar-refractivity contribution in [2.45, 2.75) is 18.9 Å². The number of carbonyl (C=O) groups excluding carboxylic acids is 1. The Morgan fingerprint density at radius 1 is 1.21 bits per heavy atom. The summed E-state index contributed by atoms with van der Waals surface area (Å²) in [5.41, 5.74) is 6.46. The molecule has 38 heavy (non-hydrogen) atoms. The Kier molecular flexibility index (Phi) is 6.66. The monoisotopic (exact) mass is 528 g/mol. The molecule has 0 bridgehead atoms. The number of anilines is 2. The highest BCUT2D eigenvalue weighted by molar-refractivity contribution is 6.09. The fourth-order valence-corrected chi connectivity index (χ4v) is 4.76. The van der Waals surface area contributed by atoms with Crippen molar-refractivity contribution in [2.75, 3.05) is 30.4 Å². The Bertz CT molecular complexity index is 1540. The molecule has 0 radical (unpaired) electrons. The van der Waals surface area contributed by atoms with E-state index in [9.17, 15) is 18.0 Å². The average molecular weight is 529 g/mol. The fraction of sp³-hybridized carbons (Fsp3) is 0.269. The van der Waals surface area contributed by atoms with Gasteiger partial charge in [0.25, 0.3) is 12.3 Å². The lowest BCUT2D eigenvalue weighted by molar-refractivity contribution is 0.102.